The molecule has 110 valence electrons. The number of ether oxygens (including phenoxy) is 1. The van der Waals surface area contributed by atoms with E-state index in [1.54, 1.807) is 13.8 Å². The molecule has 0 bridgehead atoms. The second kappa shape index (κ2) is 14.1. The SMILES string of the molecule is CC(C)(O)CCC(O)C=O.CNC.COC(C)=O. The van der Waals surface area contributed by atoms with E-state index >= 15 is 0 Å². The molecule has 3 N–H and O–H groups in total. The molecule has 0 saturated heterocycles. The minimum absolute atomic E-state index is 0.245. The van der Waals surface area contributed by atoms with Gasteiger partial charge in [0.25, 0.3) is 0 Å². The van der Waals surface area contributed by atoms with Crippen LogP contribution in [0.1, 0.15) is 33.6 Å². The summed E-state index contributed by atoms with van der Waals surface area (Å²) >= 11 is 0. The number of esters is 1. The van der Waals surface area contributed by atoms with E-state index in [0.29, 0.717) is 19.1 Å². The molecule has 0 fully saturated rings. The highest BCUT2D eigenvalue weighted by Crippen LogP contribution is 2.10. The number of carbonyl (C=O) groups excluding carboxylic acids is 2. The summed E-state index contributed by atoms with van der Waals surface area (Å²) < 4.78 is 4.11. The normalized spacial score (nSPS) is 11.1. The van der Waals surface area contributed by atoms with Crippen molar-refractivity contribution in [3.05, 3.63) is 0 Å². The zero-order valence-electron chi connectivity index (χ0n) is 12.2. The molecule has 0 aliphatic carbocycles. The average Bonchev–Trinajstić information content (AvgIpc) is 2.26. The molecule has 0 spiro atoms. The summed E-state index contributed by atoms with van der Waals surface area (Å²) in [6.07, 6.45) is 0.317. The minimum Gasteiger partial charge on any atom is -0.469 e. The van der Waals surface area contributed by atoms with Crippen molar-refractivity contribution < 1.29 is 24.5 Å². The van der Waals surface area contributed by atoms with E-state index < -0.39 is 11.7 Å². The highest BCUT2D eigenvalue weighted by molar-refractivity contribution is 5.65. The second-order valence-electron chi connectivity index (χ2n) is 4.25. The predicted octanol–water partition coefficient (Wildman–Crippen LogP) is 0.112. The van der Waals surface area contributed by atoms with Gasteiger partial charge >= 0.3 is 5.97 Å². The van der Waals surface area contributed by atoms with Crippen molar-refractivity contribution in [3.63, 3.8) is 0 Å². The third-order valence-electron chi connectivity index (χ3n) is 1.50. The van der Waals surface area contributed by atoms with Crippen molar-refractivity contribution >= 4 is 12.3 Å². The second-order valence-corrected chi connectivity index (χ2v) is 4.25. The maximum atomic E-state index is 9.89. The maximum absolute atomic E-state index is 9.89. The van der Waals surface area contributed by atoms with Gasteiger partial charge in [-0.3, -0.25) is 4.79 Å². The van der Waals surface area contributed by atoms with E-state index in [9.17, 15) is 9.59 Å². The lowest BCUT2D eigenvalue weighted by molar-refractivity contribution is -0.137. The van der Waals surface area contributed by atoms with Crippen LogP contribution in [0.15, 0.2) is 0 Å². The molecule has 0 radical (unpaired) electrons. The zero-order chi connectivity index (χ0) is 15.2. The van der Waals surface area contributed by atoms with Crippen LogP contribution >= 0.6 is 0 Å². The smallest absolute Gasteiger partial charge is 0.302 e. The summed E-state index contributed by atoms with van der Waals surface area (Å²) in [5.74, 6) is -0.245. The highest BCUT2D eigenvalue weighted by Gasteiger charge is 2.14. The largest absolute Gasteiger partial charge is 0.469 e. The molecule has 0 heterocycles. The number of aliphatic hydroxyl groups excluding tert-OH is 1. The van der Waals surface area contributed by atoms with E-state index in [1.807, 2.05) is 14.1 Å². The Labute approximate surface area is 109 Å². The summed E-state index contributed by atoms with van der Waals surface area (Å²) in [7, 11) is 5.10. The quantitative estimate of drug-likeness (QED) is 0.493. The van der Waals surface area contributed by atoms with E-state index in [1.165, 1.54) is 14.0 Å². The summed E-state index contributed by atoms with van der Waals surface area (Å²) in [5.41, 5.74) is -0.788. The summed E-state index contributed by atoms with van der Waals surface area (Å²) in [6, 6.07) is 0. The van der Waals surface area contributed by atoms with E-state index in [-0.39, 0.29) is 5.97 Å². The summed E-state index contributed by atoms with van der Waals surface area (Å²) in [5, 5.41) is 20.6. The van der Waals surface area contributed by atoms with E-state index in [0.717, 1.165) is 0 Å². The fourth-order valence-electron chi connectivity index (χ4n) is 0.569. The van der Waals surface area contributed by atoms with E-state index in [2.05, 4.69) is 10.1 Å². The molecule has 0 aromatic rings. The summed E-state index contributed by atoms with van der Waals surface area (Å²) in [4.78, 5) is 19.5. The molecule has 0 rings (SSSR count). The first kappa shape index (κ1) is 22.2. The van der Waals surface area contributed by atoms with Crippen molar-refractivity contribution in [2.75, 3.05) is 21.2 Å². The number of hydrogen-bond donors (Lipinski definition) is 3. The number of nitrogens with one attached hydrogen (secondary N) is 1. The van der Waals surface area contributed by atoms with Gasteiger partial charge in [0.1, 0.15) is 12.4 Å². The number of aliphatic hydroxyl groups is 2. The van der Waals surface area contributed by atoms with Gasteiger partial charge in [0.05, 0.1) is 12.7 Å². The lowest BCUT2D eigenvalue weighted by Crippen LogP contribution is -2.21. The Morgan fingerprint density at radius 2 is 1.78 bits per heavy atom. The standard InChI is InChI=1S/C7H14O3.C3H6O2.C2H7N/c1-7(2,10)4-3-6(9)5-8;1-3(4)5-2;1-3-2/h5-6,9-10H,3-4H2,1-2H3;1-2H3;3H,1-2H3. The van der Waals surface area contributed by atoms with Gasteiger partial charge in [0.15, 0.2) is 0 Å². The molecule has 6 heteroatoms. The van der Waals surface area contributed by atoms with Crippen molar-refractivity contribution in [1.82, 2.24) is 5.32 Å². The van der Waals surface area contributed by atoms with E-state index in [4.69, 9.17) is 10.2 Å². The zero-order valence-corrected chi connectivity index (χ0v) is 12.2. The van der Waals surface area contributed by atoms with Crippen LogP contribution in [0.25, 0.3) is 0 Å². The first-order valence-electron chi connectivity index (χ1n) is 5.63. The van der Waals surface area contributed by atoms with Crippen LogP contribution in [-0.4, -0.2) is 55.4 Å². The van der Waals surface area contributed by atoms with Gasteiger partial charge < -0.3 is 25.1 Å². The first-order valence-corrected chi connectivity index (χ1v) is 5.63. The molecule has 6 nitrogen and oxygen atoms in total. The number of carbonyl (C=O) groups is 2. The fourth-order valence-corrected chi connectivity index (χ4v) is 0.569. The highest BCUT2D eigenvalue weighted by atomic mass is 16.5. The molecule has 1 unspecified atom stereocenters. The third kappa shape index (κ3) is 36.3. The average molecular weight is 265 g/mol. The lowest BCUT2D eigenvalue weighted by atomic mass is 10.0. The number of hydrogen-bond acceptors (Lipinski definition) is 6. The Bertz CT molecular complexity index is 201. The van der Waals surface area contributed by atoms with Crippen molar-refractivity contribution in [1.29, 1.82) is 0 Å². The molecule has 0 aromatic carbocycles. The monoisotopic (exact) mass is 265 g/mol. The van der Waals surface area contributed by atoms with Crippen LogP contribution in [0.3, 0.4) is 0 Å². The van der Waals surface area contributed by atoms with Gasteiger partial charge in [-0.2, -0.15) is 0 Å². The topological polar surface area (TPSA) is 95.9 Å². The van der Waals surface area contributed by atoms with Crippen LogP contribution in [-0.2, 0) is 14.3 Å². The number of aldehydes is 1. The Balaban J connectivity index is -0.000000235. The Morgan fingerprint density at radius 3 is 1.94 bits per heavy atom. The predicted molar refractivity (Wildman–Crippen MR) is 70.3 cm³/mol. The molecule has 1 atom stereocenters. The molecule has 18 heavy (non-hydrogen) atoms. The van der Waals surface area contributed by atoms with Gasteiger partial charge in [0.2, 0.25) is 0 Å². The van der Waals surface area contributed by atoms with Gasteiger partial charge in [-0.1, -0.05) is 0 Å². The van der Waals surface area contributed by atoms with Crippen LogP contribution in [0, 0.1) is 0 Å². The fraction of sp³-hybridized carbons (Fsp3) is 0.833. The molecular formula is C12H27NO5. The molecular weight excluding hydrogens is 238 g/mol. The van der Waals surface area contributed by atoms with Gasteiger partial charge in [-0.25, -0.2) is 0 Å². The molecule has 0 aliphatic rings. The minimum atomic E-state index is -0.925. The third-order valence-corrected chi connectivity index (χ3v) is 1.50. The van der Waals surface area contributed by atoms with Crippen LogP contribution in [0.4, 0.5) is 0 Å². The number of rotatable bonds is 4. The Hall–Kier alpha value is -0.980. The Kier molecular flexibility index (Phi) is 17.4. The van der Waals surface area contributed by atoms with Gasteiger partial charge in [-0.05, 0) is 40.8 Å². The van der Waals surface area contributed by atoms with Crippen LogP contribution < -0.4 is 5.32 Å². The molecule has 0 saturated carbocycles. The lowest BCUT2D eigenvalue weighted by Gasteiger charge is -2.16. The first-order chi connectivity index (χ1) is 8.14. The maximum Gasteiger partial charge on any atom is 0.302 e. The van der Waals surface area contributed by atoms with Crippen molar-refractivity contribution in [2.24, 2.45) is 0 Å². The van der Waals surface area contributed by atoms with Crippen molar-refractivity contribution in [2.45, 2.75) is 45.3 Å². The van der Waals surface area contributed by atoms with Gasteiger partial charge in [0, 0.05) is 6.92 Å². The summed E-state index contributed by atoms with van der Waals surface area (Å²) in [6.45, 7) is 4.65. The Morgan fingerprint density at radius 1 is 1.44 bits per heavy atom. The number of methoxy groups -OCH3 is 1. The van der Waals surface area contributed by atoms with Crippen molar-refractivity contribution in [3.8, 4) is 0 Å². The molecule has 0 aromatic heterocycles. The molecule has 0 aliphatic heterocycles. The van der Waals surface area contributed by atoms with Gasteiger partial charge in [-0.15, -0.1) is 0 Å². The molecule has 0 amide bonds. The van der Waals surface area contributed by atoms with Crippen LogP contribution in [0.2, 0.25) is 0 Å². The van der Waals surface area contributed by atoms with Crippen LogP contribution in [0.5, 0.6) is 0 Å².